The van der Waals surface area contributed by atoms with Gasteiger partial charge in [0.25, 0.3) is 0 Å². The molecule has 39 heavy (non-hydrogen) atoms. The molecule has 1 aliphatic heterocycles. The van der Waals surface area contributed by atoms with Crippen molar-refractivity contribution in [3.05, 3.63) is 139 Å². The van der Waals surface area contributed by atoms with Crippen LogP contribution in [0.5, 0.6) is 0 Å². The Kier molecular flexibility index (Phi) is 4.60. The first-order valence-corrected chi connectivity index (χ1v) is 13.6. The number of aromatic nitrogens is 1. The molecular weight excluding hydrogens is 472 g/mol. The van der Waals surface area contributed by atoms with Crippen LogP contribution in [0.1, 0.15) is 25.0 Å². The van der Waals surface area contributed by atoms with Crippen LogP contribution in [0.15, 0.2) is 127 Å². The highest BCUT2D eigenvalue weighted by Crippen LogP contribution is 2.53. The number of hydrogen-bond acceptors (Lipinski definition) is 1. The van der Waals surface area contributed by atoms with Crippen LogP contribution in [0.25, 0.3) is 43.7 Å². The van der Waals surface area contributed by atoms with Gasteiger partial charge in [0.1, 0.15) is 0 Å². The maximum atomic E-state index is 3.69. The number of benzene rings is 6. The second-order valence-corrected chi connectivity index (χ2v) is 11.1. The Balaban J connectivity index is 1.43. The minimum Gasteiger partial charge on any atom is -0.354 e. The van der Waals surface area contributed by atoms with Crippen molar-refractivity contribution in [2.45, 2.75) is 19.3 Å². The molecule has 1 aliphatic rings. The zero-order valence-electron chi connectivity index (χ0n) is 22.1. The van der Waals surface area contributed by atoms with Gasteiger partial charge in [-0.15, -0.1) is 0 Å². The van der Waals surface area contributed by atoms with Gasteiger partial charge in [-0.1, -0.05) is 105 Å². The van der Waals surface area contributed by atoms with Gasteiger partial charge in [-0.2, -0.15) is 0 Å². The summed E-state index contributed by atoms with van der Waals surface area (Å²) in [7, 11) is 0. The summed E-state index contributed by atoms with van der Waals surface area (Å²) in [5.74, 6) is 0. The Morgan fingerprint density at radius 3 is 2.21 bits per heavy atom. The predicted octanol–water partition coefficient (Wildman–Crippen LogP) is 10.3. The van der Waals surface area contributed by atoms with Gasteiger partial charge in [-0.05, 0) is 69.4 Å². The Morgan fingerprint density at radius 1 is 0.564 bits per heavy atom. The highest BCUT2D eigenvalue weighted by atomic mass is 15.2. The number of hydrogen-bond donors (Lipinski definition) is 1. The summed E-state index contributed by atoms with van der Waals surface area (Å²) in [4.78, 5) is 6.13. The number of para-hydroxylation sites is 2. The molecule has 0 amide bonds. The van der Waals surface area contributed by atoms with Crippen LogP contribution in [-0.4, -0.2) is 4.98 Å². The van der Waals surface area contributed by atoms with Gasteiger partial charge in [-0.25, -0.2) is 0 Å². The molecule has 2 heteroatoms. The fourth-order valence-electron chi connectivity index (χ4n) is 6.70. The van der Waals surface area contributed by atoms with Crippen molar-refractivity contribution in [3.8, 4) is 11.1 Å². The molecule has 186 valence electrons. The van der Waals surface area contributed by atoms with E-state index in [-0.39, 0.29) is 5.41 Å². The number of rotatable bonds is 2. The summed E-state index contributed by atoms with van der Waals surface area (Å²) >= 11 is 0. The zero-order chi connectivity index (χ0) is 26.1. The second-order valence-electron chi connectivity index (χ2n) is 11.1. The Labute approximate surface area is 228 Å². The first-order chi connectivity index (χ1) is 19.1. The van der Waals surface area contributed by atoms with E-state index in [9.17, 15) is 0 Å². The van der Waals surface area contributed by atoms with E-state index in [2.05, 4.69) is 151 Å². The first kappa shape index (κ1) is 22.2. The Hall–Kier alpha value is -4.82. The minimum atomic E-state index is -0.112. The van der Waals surface area contributed by atoms with Gasteiger partial charge < -0.3 is 9.88 Å². The van der Waals surface area contributed by atoms with Gasteiger partial charge in [0.05, 0.1) is 11.4 Å². The molecule has 0 bridgehead atoms. The summed E-state index contributed by atoms with van der Waals surface area (Å²) < 4.78 is 0. The number of H-pyrrole nitrogens is 1. The number of nitrogens with zero attached hydrogens (tertiary/aromatic N) is 1. The smallest absolute Gasteiger partial charge is 0.0508 e. The SMILES string of the molecule is CC1(C)c2ccccc2N(c2ccccc2)c2cc(-c3cccc4[nH]c5ccc6ccccc6c5c34)ccc21. The van der Waals surface area contributed by atoms with Gasteiger partial charge in [-0.3, -0.25) is 0 Å². The van der Waals surface area contributed by atoms with E-state index in [0.717, 1.165) is 0 Å². The molecule has 7 aromatic rings. The highest BCUT2D eigenvalue weighted by Gasteiger charge is 2.36. The average Bonchev–Trinajstić information content (AvgIpc) is 3.37. The van der Waals surface area contributed by atoms with Crippen LogP contribution in [-0.2, 0) is 5.41 Å². The van der Waals surface area contributed by atoms with Crippen LogP contribution in [0, 0.1) is 0 Å². The van der Waals surface area contributed by atoms with Crippen molar-refractivity contribution in [3.63, 3.8) is 0 Å². The standard InChI is InChI=1S/C37H28N2/c1-37(2)29-16-8-9-18-33(29)39(26-12-4-3-5-13-26)34-23-25(19-21-30(34)37)28-15-10-17-31-36(28)35-27-14-7-6-11-24(27)20-22-32(35)38-31/h3-23,38H,1-2H3. The van der Waals surface area contributed by atoms with Crippen molar-refractivity contribution in [1.82, 2.24) is 4.98 Å². The number of fused-ring (bicyclic) bond motifs is 7. The fourth-order valence-corrected chi connectivity index (χ4v) is 6.70. The summed E-state index contributed by atoms with van der Waals surface area (Å²) in [6, 6.07) is 46.4. The normalized spacial score (nSPS) is 14.1. The van der Waals surface area contributed by atoms with Crippen molar-refractivity contribution in [2.75, 3.05) is 4.90 Å². The maximum Gasteiger partial charge on any atom is 0.0508 e. The maximum absolute atomic E-state index is 3.69. The third-order valence-corrected chi connectivity index (χ3v) is 8.57. The van der Waals surface area contributed by atoms with E-state index >= 15 is 0 Å². The van der Waals surface area contributed by atoms with Crippen molar-refractivity contribution >= 4 is 49.6 Å². The fraction of sp³-hybridized carbons (Fsp3) is 0.0811. The molecule has 1 N–H and O–H groups in total. The van der Waals surface area contributed by atoms with Crippen LogP contribution < -0.4 is 4.90 Å². The highest BCUT2D eigenvalue weighted by molar-refractivity contribution is 6.24. The Bertz CT molecular complexity index is 2050. The molecule has 0 radical (unpaired) electrons. The molecule has 0 atom stereocenters. The second kappa shape index (κ2) is 8.09. The monoisotopic (exact) mass is 500 g/mol. The van der Waals surface area contributed by atoms with E-state index in [1.54, 1.807) is 0 Å². The van der Waals surface area contributed by atoms with Crippen molar-refractivity contribution in [1.29, 1.82) is 0 Å². The molecule has 1 aromatic heterocycles. The lowest BCUT2D eigenvalue weighted by molar-refractivity contribution is 0.632. The molecule has 2 heterocycles. The molecule has 2 nitrogen and oxygen atoms in total. The lowest BCUT2D eigenvalue weighted by Crippen LogP contribution is -2.30. The minimum absolute atomic E-state index is 0.112. The molecule has 0 aliphatic carbocycles. The molecule has 0 fully saturated rings. The number of aromatic amines is 1. The van der Waals surface area contributed by atoms with Crippen LogP contribution >= 0.6 is 0 Å². The molecule has 0 spiro atoms. The largest absolute Gasteiger partial charge is 0.354 e. The zero-order valence-corrected chi connectivity index (χ0v) is 22.1. The number of anilines is 3. The lowest BCUT2D eigenvalue weighted by Gasteiger charge is -2.42. The topological polar surface area (TPSA) is 19.0 Å². The van der Waals surface area contributed by atoms with Crippen LogP contribution in [0.4, 0.5) is 17.1 Å². The van der Waals surface area contributed by atoms with E-state index < -0.39 is 0 Å². The van der Waals surface area contributed by atoms with Crippen molar-refractivity contribution in [2.24, 2.45) is 0 Å². The van der Waals surface area contributed by atoms with Crippen molar-refractivity contribution < 1.29 is 0 Å². The first-order valence-electron chi connectivity index (χ1n) is 13.6. The summed E-state index contributed by atoms with van der Waals surface area (Å²) in [5.41, 5.74) is 11.1. The summed E-state index contributed by atoms with van der Waals surface area (Å²) in [6.07, 6.45) is 0. The van der Waals surface area contributed by atoms with E-state index in [1.165, 1.54) is 71.9 Å². The summed E-state index contributed by atoms with van der Waals surface area (Å²) in [5, 5.41) is 5.13. The third kappa shape index (κ3) is 3.15. The van der Waals surface area contributed by atoms with E-state index in [4.69, 9.17) is 0 Å². The molecule has 0 saturated heterocycles. The molecule has 0 unspecified atom stereocenters. The van der Waals surface area contributed by atoms with Gasteiger partial charge >= 0.3 is 0 Å². The molecule has 8 rings (SSSR count). The average molecular weight is 501 g/mol. The summed E-state index contributed by atoms with van der Waals surface area (Å²) in [6.45, 7) is 4.69. The Morgan fingerprint density at radius 2 is 1.31 bits per heavy atom. The van der Waals surface area contributed by atoms with Gasteiger partial charge in [0, 0.05) is 32.9 Å². The van der Waals surface area contributed by atoms with E-state index in [0.29, 0.717) is 0 Å². The molecule has 6 aromatic carbocycles. The third-order valence-electron chi connectivity index (χ3n) is 8.57. The van der Waals surface area contributed by atoms with Crippen LogP contribution in [0.2, 0.25) is 0 Å². The van der Waals surface area contributed by atoms with Gasteiger partial charge in [0.2, 0.25) is 0 Å². The quantitative estimate of drug-likeness (QED) is 0.250. The van der Waals surface area contributed by atoms with Crippen LogP contribution in [0.3, 0.4) is 0 Å². The number of nitrogens with one attached hydrogen (secondary N) is 1. The molecular formula is C37H28N2. The van der Waals surface area contributed by atoms with Gasteiger partial charge in [0.15, 0.2) is 0 Å². The molecule has 0 saturated carbocycles. The predicted molar refractivity (Wildman–Crippen MR) is 166 cm³/mol. The van der Waals surface area contributed by atoms with E-state index in [1.807, 2.05) is 0 Å². The lowest BCUT2D eigenvalue weighted by atomic mass is 9.73.